The van der Waals surface area contributed by atoms with Gasteiger partial charge in [-0.2, -0.15) is 4.99 Å². The van der Waals surface area contributed by atoms with Gasteiger partial charge in [0, 0.05) is 18.7 Å². The Morgan fingerprint density at radius 2 is 2.09 bits per heavy atom. The number of rotatable bonds is 5. The lowest BCUT2D eigenvalue weighted by Crippen LogP contribution is -2.23. The summed E-state index contributed by atoms with van der Waals surface area (Å²) in [7, 11) is 0. The van der Waals surface area contributed by atoms with Crippen LogP contribution in [0.1, 0.15) is 38.2 Å². The number of benzene rings is 1. The van der Waals surface area contributed by atoms with Gasteiger partial charge in [-0.25, -0.2) is 0 Å². The van der Waals surface area contributed by atoms with Gasteiger partial charge < -0.3 is 9.64 Å². The number of amides is 1. The summed E-state index contributed by atoms with van der Waals surface area (Å²) in [6.45, 7) is 4.85. The zero-order valence-corrected chi connectivity index (χ0v) is 14.3. The van der Waals surface area contributed by atoms with Crippen molar-refractivity contribution in [3.8, 4) is 5.75 Å². The van der Waals surface area contributed by atoms with E-state index in [0.717, 1.165) is 42.4 Å². The van der Waals surface area contributed by atoms with E-state index in [1.54, 1.807) is 0 Å². The van der Waals surface area contributed by atoms with Crippen LogP contribution in [-0.4, -0.2) is 35.7 Å². The Morgan fingerprint density at radius 3 is 2.87 bits per heavy atom. The quantitative estimate of drug-likeness (QED) is 0.606. The Morgan fingerprint density at radius 1 is 1.30 bits per heavy atom. The maximum Gasteiger partial charge on any atom is 0.286 e. The number of para-hydroxylation sites is 1. The largest absolute Gasteiger partial charge is 0.493 e. The van der Waals surface area contributed by atoms with Crippen LogP contribution in [0.15, 0.2) is 34.2 Å². The molecule has 4 nitrogen and oxygen atoms in total. The fourth-order valence-corrected chi connectivity index (χ4v) is 3.60. The van der Waals surface area contributed by atoms with Crippen LogP contribution in [0.4, 0.5) is 0 Å². The van der Waals surface area contributed by atoms with E-state index in [4.69, 9.17) is 4.74 Å². The van der Waals surface area contributed by atoms with Crippen molar-refractivity contribution in [2.45, 2.75) is 32.6 Å². The predicted octanol–water partition coefficient (Wildman–Crippen LogP) is 3.93. The van der Waals surface area contributed by atoms with Crippen molar-refractivity contribution in [3.63, 3.8) is 0 Å². The van der Waals surface area contributed by atoms with Crippen molar-refractivity contribution in [2.75, 3.05) is 19.7 Å². The van der Waals surface area contributed by atoms with Crippen LogP contribution in [-0.2, 0) is 4.79 Å². The summed E-state index contributed by atoms with van der Waals surface area (Å²) in [5.74, 6) is 0.691. The Balaban J connectivity index is 1.73. The maximum absolute atomic E-state index is 12.2. The number of likely N-dealkylation sites (tertiary alicyclic amines) is 1. The highest BCUT2D eigenvalue weighted by atomic mass is 32.2. The van der Waals surface area contributed by atoms with Gasteiger partial charge in [0.1, 0.15) is 5.75 Å². The molecular formula is C18H22N2O2S. The molecule has 0 bridgehead atoms. The normalized spacial score (nSPS) is 19.5. The van der Waals surface area contributed by atoms with Crippen molar-refractivity contribution in [2.24, 2.45) is 4.99 Å². The number of amidine groups is 1. The second kappa shape index (κ2) is 7.68. The second-order valence-corrected chi connectivity index (χ2v) is 6.75. The van der Waals surface area contributed by atoms with Crippen LogP contribution in [0.2, 0.25) is 0 Å². The van der Waals surface area contributed by atoms with Crippen LogP contribution in [0.3, 0.4) is 0 Å². The number of aliphatic imine (C=N–C) groups is 1. The Bertz CT molecular complexity index is 634. The van der Waals surface area contributed by atoms with Gasteiger partial charge in [0.15, 0.2) is 5.17 Å². The van der Waals surface area contributed by atoms with E-state index >= 15 is 0 Å². The number of hydrogen-bond donors (Lipinski definition) is 0. The first kappa shape index (κ1) is 16.1. The predicted molar refractivity (Wildman–Crippen MR) is 95.7 cm³/mol. The number of carbonyl (C=O) groups excluding carboxylic acids is 1. The summed E-state index contributed by atoms with van der Waals surface area (Å²) < 4.78 is 5.84. The molecule has 1 aromatic rings. The van der Waals surface area contributed by atoms with Crippen LogP contribution in [0.25, 0.3) is 6.08 Å². The van der Waals surface area contributed by atoms with E-state index in [0.29, 0.717) is 11.5 Å². The Labute approximate surface area is 141 Å². The van der Waals surface area contributed by atoms with Gasteiger partial charge in [-0.3, -0.25) is 4.79 Å². The van der Waals surface area contributed by atoms with E-state index in [1.807, 2.05) is 30.3 Å². The summed E-state index contributed by atoms with van der Waals surface area (Å²) >= 11 is 1.48. The molecule has 0 N–H and O–H groups in total. The molecule has 3 rings (SSSR count). The monoisotopic (exact) mass is 330 g/mol. The molecule has 122 valence electrons. The zero-order valence-electron chi connectivity index (χ0n) is 13.5. The topological polar surface area (TPSA) is 41.9 Å². The fourth-order valence-electron chi connectivity index (χ4n) is 2.64. The molecule has 0 spiro atoms. The molecule has 23 heavy (non-hydrogen) atoms. The lowest BCUT2D eigenvalue weighted by molar-refractivity contribution is -0.113. The van der Waals surface area contributed by atoms with Crippen molar-refractivity contribution in [3.05, 3.63) is 34.7 Å². The van der Waals surface area contributed by atoms with Crippen molar-refractivity contribution >= 4 is 28.9 Å². The molecule has 1 fully saturated rings. The molecule has 0 unspecified atom stereocenters. The number of unbranched alkanes of at least 4 members (excludes halogenated alkanes) is 1. The summed E-state index contributed by atoms with van der Waals surface area (Å²) in [5.41, 5.74) is 0.942. The minimum absolute atomic E-state index is 0.139. The Hall–Kier alpha value is -1.75. The van der Waals surface area contributed by atoms with E-state index in [-0.39, 0.29) is 5.91 Å². The van der Waals surface area contributed by atoms with Gasteiger partial charge in [-0.15, -0.1) is 0 Å². The molecule has 2 aliphatic heterocycles. The van der Waals surface area contributed by atoms with Gasteiger partial charge in [0.2, 0.25) is 0 Å². The van der Waals surface area contributed by atoms with Crippen molar-refractivity contribution in [1.29, 1.82) is 0 Å². The highest BCUT2D eigenvalue weighted by Crippen LogP contribution is 2.33. The number of ether oxygens (including phenoxy) is 1. The molecular weight excluding hydrogens is 308 g/mol. The van der Waals surface area contributed by atoms with Gasteiger partial charge in [0.25, 0.3) is 5.91 Å². The number of carbonyl (C=O) groups is 1. The number of nitrogens with zero attached hydrogens (tertiary/aromatic N) is 2. The molecule has 0 aliphatic carbocycles. The standard InChI is InChI=1S/C18H22N2O2S/c1-2-3-12-22-15-9-5-4-8-14(15)13-16-17(21)19-18(23-16)20-10-6-7-11-20/h4-5,8-9,13H,2-3,6-7,10-12H2,1H3/b16-13-. The molecule has 1 saturated heterocycles. The van der Waals surface area contributed by atoms with Crippen LogP contribution in [0, 0.1) is 0 Å². The first-order chi connectivity index (χ1) is 11.3. The van der Waals surface area contributed by atoms with Gasteiger partial charge >= 0.3 is 0 Å². The number of hydrogen-bond acceptors (Lipinski definition) is 4. The van der Waals surface area contributed by atoms with Crippen LogP contribution < -0.4 is 4.74 Å². The van der Waals surface area contributed by atoms with E-state index in [2.05, 4.69) is 16.8 Å². The maximum atomic E-state index is 12.2. The van der Waals surface area contributed by atoms with E-state index in [1.165, 1.54) is 24.6 Å². The van der Waals surface area contributed by atoms with Gasteiger partial charge in [-0.05, 0) is 43.2 Å². The Kier molecular flexibility index (Phi) is 5.39. The molecule has 2 heterocycles. The molecule has 0 saturated carbocycles. The molecule has 0 radical (unpaired) electrons. The van der Waals surface area contributed by atoms with Crippen molar-refractivity contribution < 1.29 is 9.53 Å². The van der Waals surface area contributed by atoms with E-state index in [9.17, 15) is 4.79 Å². The minimum Gasteiger partial charge on any atom is -0.493 e. The summed E-state index contributed by atoms with van der Waals surface area (Å²) in [6, 6.07) is 7.86. The average Bonchev–Trinajstić information content (AvgIpc) is 3.20. The first-order valence-electron chi connectivity index (χ1n) is 8.27. The van der Waals surface area contributed by atoms with E-state index < -0.39 is 0 Å². The summed E-state index contributed by atoms with van der Waals surface area (Å²) in [4.78, 5) is 19.3. The lowest BCUT2D eigenvalue weighted by Gasteiger charge is -2.14. The summed E-state index contributed by atoms with van der Waals surface area (Å²) in [6.07, 6.45) is 6.40. The molecule has 5 heteroatoms. The van der Waals surface area contributed by atoms with Gasteiger partial charge in [0.05, 0.1) is 11.5 Å². The highest BCUT2D eigenvalue weighted by Gasteiger charge is 2.27. The summed E-state index contributed by atoms with van der Waals surface area (Å²) in [5, 5.41) is 0.850. The van der Waals surface area contributed by atoms with Gasteiger partial charge in [-0.1, -0.05) is 31.5 Å². The first-order valence-corrected chi connectivity index (χ1v) is 9.09. The zero-order chi connectivity index (χ0) is 16.1. The highest BCUT2D eigenvalue weighted by molar-refractivity contribution is 8.18. The smallest absolute Gasteiger partial charge is 0.286 e. The second-order valence-electron chi connectivity index (χ2n) is 5.74. The molecule has 0 atom stereocenters. The van der Waals surface area contributed by atoms with Crippen molar-refractivity contribution in [1.82, 2.24) is 4.90 Å². The molecule has 0 aromatic heterocycles. The third-order valence-electron chi connectivity index (χ3n) is 3.95. The average molecular weight is 330 g/mol. The van der Waals surface area contributed by atoms with Crippen LogP contribution >= 0.6 is 11.8 Å². The number of thioether (sulfide) groups is 1. The SMILES string of the molecule is CCCCOc1ccccc1/C=C1\SC(N2CCCC2)=NC1=O. The lowest BCUT2D eigenvalue weighted by atomic mass is 10.2. The fraction of sp³-hybridized carbons (Fsp3) is 0.444. The molecule has 1 aromatic carbocycles. The third kappa shape index (κ3) is 3.96. The minimum atomic E-state index is -0.139. The third-order valence-corrected chi connectivity index (χ3v) is 4.99. The van der Waals surface area contributed by atoms with Crippen LogP contribution in [0.5, 0.6) is 5.75 Å². The molecule has 1 amide bonds. The molecule has 2 aliphatic rings.